The molecule has 0 saturated heterocycles. The van der Waals surface area contributed by atoms with Crippen LogP contribution < -0.4 is 0 Å². The number of ether oxygens (including phenoxy) is 3. The third-order valence-corrected chi connectivity index (χ3v) is 11.0. The topological polar surface area (TPSA) is 78.9 Å². The van der Waals surface area contributed by atoms with Crippen LogP contribution in [-0.2, 0) is 28.6 Å². The highest BCUT2D eigenvalue weighted by molar-refractivity contribution is 5.71. The van der Waals surface area contributed by atoms with Gasteiger partial charge >= 0.3 is 17.9 Å². The lowest BCUT2D eigenvalue weighted by molar-refractivity contribution is -0.167. The summed E-state index contributed by atoms with van der Waals surface area (Å²) < 4.78 is 16.7. The van der Waals surface area contributed by atoms with Crippen molar-refractivity contribution < 1.29 is 28.6 Å². The van der Waals surface area contributed by atoms with E-state index in [9.17, 15) is 14.4 Å². The highest BCUT2D eigenvalue weighted by Crippen LogP contribution is 2.17. The Morgan fingerprint density at radius 2 is 0.600 bits per heavy atom. The summed E-state index contributed by atoms with van der Waals surface area (Å²) in [7, 11) is 0. The maximum Gasteiger partial charge on any atom is 0.306 e. The Labute approximate surface area is 342 Å². The van der Waals surface area contributed by atoms with Crippen LogP contribution in [0.5, 0.6) is 0 Å². The molecule has 55 heavy (non-hydrogen) atoms. The monoisotopic (exact) mass is 779 g/mol. The fraction of sp³-hybridized carbons (Fsp3) is 0.939. The van der Waals surface area contributed by atoms with Gasteiger partial charge in [0.1, 0.15) is 13.2 Å². The average molecular weight is 779 g/mol. The van der Waals surface area contributed by atoms with Crippen LogP contribution in [0.15, 0.2) is 0 Å². The molecule has 0 aliphatic heterocycles. The lowest BCUT2D eigenvalue weighted by Gasteiger charge is -2.18. The molecule has 326 valence electrons. The van der Waals surface area contributed by atoms with Gasteiger partial charge < -0.3 is 14.2 Å². The van der Waals surface area contributed by atoms with Gasteiger partial charge in [0.2, 0.25) is 0 Å². The zero-order valence-electron chi connectivity index (χ0n) is 37.4. The van der Waals surface area contributed by atoms with Crippen LogP contribution >= 0.6 is 0 Å². The van der Waals surface area contributed by atoms with E-state index < -0.39 is 6.10 Å². The van der Waals surface area contributed by atoms with Crippen LogP contribution in [0.3, 0.4) is 0 Å². The van der Waals surface area contributed by atoms with Crippen LogP contribution in [-0.4, -0.2) is 37.2 Å². The van der Waals surface area contributed by atoms with Crippen LogP contribution in [0, 0.1) is 5.92 Å². The van der Waals surface area contributed by atoms with E-state index in [0.717, 1.165) is 63.7 Å². The Hall–Kier alpha value is -1.59. The maximum atomic E-state index is 12.7. The van der Waals surface area contributed by atoms with Crippen molar-refractivity contribution in [1.82, 2.24) is 0 Å². The first-order valence-electron chi connectivity index (χ1n) is 24.4. The molecule has 0 amide bonds. The minimum Gasteiger partial charge on any atom is -0.462 e. The van der Waals surface area contributed by atoms with E-state index in [4.69, 9.17) is 14.2 Å². The molecule has 0 aromatic carbocycles. The number of unbranched alkanes of at least 4 members (excludes halogenated alkanes) is 31. The number of rotatable bonds is 44. The summed E-state index contributed by atoms with van der Waals surface area (Å²) in [5.74, 6) is -0.0994. The zero-order valence-corrected chi connectivity index (χ0v) is 37.4. The summed E-state index contributed by atoms with van der Waals surface area (Å²) in [4.78, 5) is 37.7. The van der Waals surface area contributed by atoms with Crippen molar-refractivity contribution in [2.24, 2.45) is 5.92 Å². The molecule has 0 spiro atoms. The molecule has 0 saturated carbocycles. The summed E-state index contributed by atoms with van der Waals surface area (Å²) in [5.41, 5.74) is 0. The van der Waals surface area contributed by atoms with Crippen molar-refractivity contribution in [3.05, 3.63) is 0 Å². The van der Waals surface area contributed by atoms with Gasteiger partial charge in [-0.3, -0.25) is 14.4 Å². The normalized spacial score (nSPS) is 11.9. The van der Waals surface area contributed by atoms with E-state index in [0.29, 0.717) is 19.3 Å². The second kappa shape index (κ2) is 43.5. The van der Waals surface area contributed by atoms with Crippen molar-refractivity contribution in [3.63, 3.8) is 0 Å². The van der Waals surface area contributed by atoms with Gasteiger partial charge in [-0.15, -0.1) is 0 Å². The summed E-state index contributed by atoms with van der Waals surface area (Å²) in [6.45, 7) is 8.92. The molecule has 0 aliphatic carbocycles. The van der Waals surface area contributed by atoms with Gasteiger partial charge in [0.05, 0.1) is 0 Å². The van der Waals surface area contributed by atoms with Crippen molar-refractivity contribution in [1.29, 1.82) is 0 Å². The Kier molecular flexibility index (Phi) is 42.3. The number of hydrogen-bond acceptors (Lipinski definition) is 6. The zero-order chi connectivity index (χ0) is 40.3. The lowest BCUT2D eigenvalue weighted by atomic mass is 10.0. The molecule has 6 nitrogen and oxygen atoms in total. The van der Waals surface area contributed by atoms with Crippen molar-refractivity contribution in [2.75, 3.05) is 13.2 Å². The molecule has 0 heterocycles. The van der Waals surface area contributed by atoms with E-state index >= 15 is 0 Å². The quantitative estimate of drug-likeness (QED) is 0.0348. The largest absolute Gasteiger partial charge is 0.462 e. The molecule has 0 bridgehead atoms. The highest BCUT2D eigenvalue weighted by Gasteiger charge is 2.19. The summed E-state index contributed by atoms with van der Waals surface area (Å²) in [6, 6.07) is 0. The molecule has 1 atom stereocenters. The summed E-state index contributed by atoms with van der Waals surface area (Å²) in [5, 5.41) is 0. The van der Waals surface area contributed by atoms with Gasteiger partial charge in [0, 0.05) is 19.3 Å². The minimum atomic E-state index is -0.760. The maximum absolute atomic E-state index is 12.7. The smallest absolute Gasteiger partial charge is 0.306 e. The fourth-order valence-electron chi connectivity index (χ4n) is 7.33. The molecular weight excluding hydrogens is 685 g/mol. The highest BCUT2D eigenvalue weighted by atomic mass is 16.6. The Bertz CT molecular complexity index is 826. The Morgan fingerprint density at radius 1 is 0.345 bits per heavy atom. The third-order valence-electron chi connectivity index (χ3n) is 11.0. The van der Waals surface area contributed by atoms with Crippen molar-refractivity contribution in [3.8, 4) is 0 Å². The molecule has 0 aromatic heterocycles. The fourth-order valence-corrected chi connectivity index (χ4v) is 7.33. The number of carbonyl (C=O) groups excluding carboxylic acids is 3. The van der Waals surface area contributed by atoms with Gasteiger partial charge in [-0.25, -0.2) is 0 Å². The molecule has 0 rings (SSSR count). The molecule has 0 aromatic rings. The van der Waals surface area contributed by atoms with E-state index in [2.05, 4.69) is 27.7 Å². The van der Waals surface area contributed by atoms with Crippen molar-refractivity contribution >= 4 is 17.9 Å². The van der Waals surface area contributed by atoms with Gasteiger partial charge in [-0.2, -0.15) is 0 Å². The van der Waals surface area contributed by atoms with Crippen LogP contribution in [0.1, 0.15) is 272 Å². The first-order chi connectivity index (χ1) is 26.9. The Morgan fingerprint density at radius 3 is 0.891 bits per heavy atom. The standard InChI is InChI=1S/C49H94O6/c1-5-7-9-11-13-15-16-17-18-19-20-21-22-23-24-26-28-33-37-41-48(51)54-44-46(55-49(52)42-38-34-30-29-31-35-39-45(3)4)43-53-47(50)40-36-32-27-25-14-12-10-8-6-2/h45-46H,5-44H2,1-4H3/t46-/m0/s1. The molecule has 0 N–H and O–H groups in total. The third kappa shape index (κ3) is 43.4. The van der Waals surface area contributed by atoms with Crippen LogP contribution in [0.4, 0.5) is 0 Å². The second-order valence-electron chi connectivity index (χ2n) is 17.2. The first kappa shape index (κ1) is 53.4. The average Bonchev–Trinajstić information content (AvgIpc) is 3.17. The molecule has 0 aliphatic rings. The van der Waals surface area contributed by atoms with Gasteiger partial charge in [0.15, 0.2) is 6.10 Å². The Balaban J connectivity index is 4.17. The lowest BCUT2D eigenvalue weighted by Crippen LogP contribution is -2.30. The van der Waals surface area contributed by atoms with Gasteiger partial charge in [-0.1, -0.05) is 233 Å². The van der Waals surface area contributed by atoms with Crippen molar-refractivity contribution in [2.45, 2.75) is 278 Å². The number of carbonyl (C=O) groups is 3. The van der Waals surface area contributed by atoms with E-state index in [1.807, 2.05) is 0 Å². The molecule has 0 radical (unpaired) electrons. The predicted octanol–water partition coefficient (Wildman–Crippen LogP) is 15.5. The second-order valence-corrected chi connectivity index (χ2v) is 17.2. The molecular formula is C49H94O6. The van der Waals surface area contributed by atoms with Crippen LogP contribution in [0.25, 0.3) is 0 Å². The van der Waals surface area contributed by atoms with E-state index in [1.54, 1.807) is 0 Å². The number of esters is 3. The van der Waals surface area contributed by atoms with Gasteiger partial charge in [0.25, 0.3) is 0 Å². The first-order valence-corrected chi connectivity index (χ1v) is 24.4. The molecule has 0 fully saturated rings. The molecule has 0 unspecified atom stereocenters. The van der Waals surface area contributed by atoms with E-state index in [-0.39, 0.29) is 31.1 Å². The van der Waals surface area contributed by atoms with E-state index in [1.165, 1.54) is 167 Å². The molecule has 6 heteroatoms. The number of hydrogen-bond donors (Lipinski definition) is 0. The van der Waals surface area contributed by atoms with Gasteiger partial charge in [-0.05, 0) is 25.2 Å². The minimum absolute atomic E-state index is 0.0646. The predicted molar refractivity (Wildman–Crippen MR) is 233 cm³/mol. The van der Waals surface area contributed by atoms with Crippen LogP contribution in [0.2, 0.25) is 0 Å². The SMILES string of the molecule is CCCCCCCCCCCCCCCCCCCCCC(=O)OC[C@H](COC(=O)CCCCCCCCCCC)OC(=O)CCCCCCCCC(C)C. The summed E-state index contributed by atoms with van der Waals surface area (Å²) >= 11 is 0. The summed E-state index contributed by atoms with van der Waals surface area (Å²) in [6.07, 6.45) is 44.0.